The number of fused-ring (bicyclic) bond motifs is 1. The van der Waals surface area contributed by atoms with Crippen molar-refractivity contribution in [1.29, 1.82) is 0 Å². The van der Waals surface area contributed by atoms with Crippen molar-refractivity contribution in [2.45, 2.75) is 19.4 Å². The number of aromatic nitrogens is 1. The van der Waals surface area contributed by atoms with E-state index in [-0.39, 0.29) is 17.5 Å². The third-order valence-electron chi connectivity index (χ3n) is 6.93. The van der Waals surface area contributed by atoms with Gasteiger partial charge < -0.3 is 4.98 Å². The van der Waals surface area contributed by atoms with Crippen molar-refractivity contribution >= 4 is 38.5 Å². The third kappa shape index (κ3) is 4.37. The Morgan fingerprint density at radius 3 is 2.29 bits per heavy atom. The van der Waals surface area contributed by atoms with Crippen molar-refractivity contribution < 1.29 is 4.79 Å². The van der Waals surface area contributed by atoms with Gasteiger partial charge in [0.05, 0.1) is 17.3 Å². The summed E-state index contributed by atoms with van der Waals surface area (Å²) >= 11 is 3.59. The zero-order chi connectivity index (χ0) is 26.2. The van der Waals surface area contributed by atoms with Crippen LogP contribution in [-0.2, 0) is 0 Å². The van der Waals surface area contributed by atoms with Crippen LogP contribution < -0.4 is 5.56 Å². The number of rotatable bonds is 4. The van der Waals surface area contributed by atoms with Gasteiger partial charge in [-0.3, -0.25) is 9.59 Å². The van der Waals surface area contributed by atoms with Gasteiger partial charge in [-0.15, -0.1) is 0 Å². The maximum Gasteiger partial charge on any atom is 0.274 e. The van der Waals surface area contributed by atoms with Crippen LogP contribution in [0.15, 0.2) is 117 Å². The SMILES string of the molecule is Cc1ccc(C(=O)N2N=C(c3c(-c4ccccc4)c4cc(Br)ccc4[nH]c3=O)C[C@@H]2c2ccccc2)cc1. The molecule has 0 fully saturated rings. The summed E-state index contributed by atoms with van der Waals surface area (Å²) in [5, 5.41) is 7.30. The van der Waals surface area contributed by atoms with Crippen LogP contribution in [-0.4, -0.2) is 21.6 Å². The van der Waals surface area contributed by atoms with Crippen molar-refractivity contribution in [2.75, 3.05) is 0 Å². The number of hydrogen-bond donors (Lipinski definition) is 1. The summed E-state index contributed by atoms with van der Waals surface area (Å²) in [5.41, 5.74) is 5.91. The first-order valence-corrected chi connectivity index (χ1v) is 13.2. The fraction of sp³-hybridized carbons (Fsp3) is 0.0938. The highest BCUT2D eigenvalue weighted by Crippen LogP contribution is 2.38. The standard InChI is InChI=1S/C32H24BrN3O2/c1-20-12-14-23(15-13-20)32(38)36-28(21-8-4-2-5-9-21)19-27(35-36)30-29(22-10-6-3-7-11-22)25-18-24(33)16-17-26(25)34-31(30)37/h2-18,28H,19H2,1H3,(H,34,37)/t28-/m1/s1. The number of carbonyl (C=O) groups excluding carboxylic acids is 1. The maximum absolute atomic E-state index is 13.7. The first-order chi connectivity index (χ1) is 18.5. The Bertz CT molecular complexity index is 1740. The van der Waals surface area contributed by atoms with Crippen molar-refractivity contribution in [1.82, 2.24) is 9.99 Å². The second kappa shape index (κ2) is 9.88. The van der Waals surface area contributed by atoms with Gasteiger partial charge in [0.1, 0.15) is 0 Å². The molecule has 0 aliphatic carbocycles. The van der Waals surface area contributed by atoms with Gasteiger partial charge >= 0.3 is 0 Å². The number of carbonyl (C=O) groups is 1. The maximum atomic E-state index is 13.7. The number of nitrogens with zero attached hydrogens (tertiary/aromatic N) is 2. The highest BCUT2D eigenvalue weighted by atomic mass is 79.9. The van der Waals surface area contributed by atoms with E-state index in [0.717, 1.165) is 37.6 Å². The molecule has 1 aromatic heterocycles. The Balaban J connectivity index is 1.57. The molecule has 4 aromatic carbocycles. The Kier molecular flexibility index (Phi) is 6.26. The lowest BCUT2D eigenvalue weighted by Gasteiger charge is -2.22. The van der Waals surface area contributed by atoms with Gasteiger partial charge in [-0.05, 0) is 48.4 Å². The Morgan fingerprint density at radius 2 is 1.58 bits per heavy atom. The quantitative estimate of drug-likeness (QED) is 0.251. The lowest BCUT2D eigenvalue weighted by molar-refractivity contribution is 0.0711. The van der Waals surface area contributed by atoms with Gasteiger partial charge in [-0.1, -0.05) is 94.3 Å². The first kappa shape index (κ1) is 24.1. The molecule has 5 aromatic rings. The number of pyridine rings is 1. The van der Waals surface area contributed by atoms with Gasteiger partial charge in [0.2, 0.25) is 0 Å². The number of nitrogens with one attached hydrogen (secondary N) is 1. The van der Waals surface area contributed by atoms with E-state index in [4.69, 9.17) is 5.10 Å². The van der Waals surface area contributed by atoms with Gasteiger partial charge in [0, 0.05) is 32.9 Å². The highest BCUT2D eigenvalue weighted by Gasteiger charge is 2.35. The average Bonchev–Trinajstić information content (AvgIpc) is 3.38. The second-order valence-corrected chi connectivity index (χ2v) is 10.4. The van der Waals surface area contributed by atoms with Crippen molar-refractivity contribution in [2.24, 2.45) is 5.10 Å². The number of hydrogen-bond acceptors (Lipinski definition) is 3. The molecule has 0 saturated heterocycles. The molecule has 1 aliphatic heterocycles. The van der Waals surface area contributed by atoms with Crippen LogP contribution in [0, 0.1) is 6.92 Å². The molecule has 0 saturated carbocycles. The van der Waals surface area contributed by atoms with Crippen LogP contribution in [0.2, 0.25) is 0 Å². The smallest absolute Gasteiger partial charge is 0.274 e. The van der Waals surface area contributed by atoms with E-state index in [9.17, 15) is 9.59 Å². The van der Waals surface area contributed by atoms with Crippen LogP contribution in [0.3, 0.4) is 0 Å². The van der Waals surface area contributed by atoms with Gasteiger partial charge in [-0.2, -0.15) is 5.10 Å². The minimum atomic E-state index is -0.332. The topological polar surface area (TPSA) is 65.5 Å². The Labute approximate surface area is 228 Å². The fourth-order valence-corrected chi connectivity index (χ4v) is 5.42. The predicted octanol–water partition coefficient (Wildman–Crippen LogP) is 7.26. The monoisotopic (exact) mass is 561 g/mol. The van der Waals surface area contributed by atoms with E-state index < -0.39 is 0 Å². The number of H-pyrrole nitrogens is 1. The molecule has 0 radical (unpaired) electrons. The molecule has 1 amide bonds. The van der Waals surface area contributed by atoms with E-state index >= 15 is 0 Å². The fourth-order valence-electron chi connectivity index (χ4n) is 5.06. The van der Waals surface area contributed by atoms with Crippen molar-refractivity contribution in [3.63, 3.8) is 0 Å². The molecule has 186 valence electrons. The summed E-state index contributed by atoms with van der Waals surface area (Å²) in [4.78, 5) is 30.5. The molecular formula is C32H24BrN3O2. The van der Waals surface area contributed by atoms with Crippen LogP contribution >= 0.6 is 15.9 Å². The van der Waals surface area contributed by atoms with Crippen molar-refractivity contribution in [3.05, 3.63) is 140 Å². The molecule has 0 spiro atoms. The summed E-state index contributed by atoms with van der Waals surface area (Å²) in [6.07, 6.45) is 0.421. The summed E-state index contributed by atoms with van der Waals surface area (Å²) in [6.45, 7) is 1.99. The summed E-state index contributed by atoms with van der Waals surface area (Å²) < 4.78 is 0.909. The minimum absolute atomic E-state index is 0.199. The molecule has 0 bridgehead atoms. The zero-order valence-electron chi connectivity index (χ0n) is 20.7. The van der Waals surface area contributed by atoms with Gasteiger partial charge in [0.25, 0.3) is 11.5 Å². The first-order valence-electron chi connectivity index (χ1n) is 12.4. The molecule has 1 atom stereocenters. The molecule has 0 unspecified atom stereocenters. The molecule has 5 nitrogen and oxygen atoms in total. The third-order valence-corrected chi connectivity index (χ3v) is 7.42. The molecule has 6 heteroatoms. The van der Waals surface area contributed by atoms with E-state index in [1.54, 1.807) is 0 Å². The number of amides is 1. The number of halogens is 1. The van der Waals surface area contributed by atoms with Crippen LogP contribution in [0.4, 0.5) is 0 Å². The summed E-state index contributed by atoms with van der Waals surface area (Å²) in [6, 6.07) is 32.7. The zero-order valence-corrected chi connectivity index (χ0v) is 22.3. The number of benzene rings is 4. The molecule has 1 aliphatic rings. The molecule has 38 heavy (non-hydrogen) atoms. The van der Waals surface area contributed by atoms with Crippen LogP contribution in [0.5, 0.6) is 0 Å². The molecular weight excluding hydrogens is 538 g/mol. The van der Waals surface area contributed by atoms with Gasteiger partial charge in [0.15, 0.2) is 0 Å². The van der Waals surface area contributed by atoms with Crippen molar-refractivity contribution in [3.8, 4) is 11.1 Å². The van der Waals surface area contributed by atoms with E-state index in [1.807, 2.05) is 110 Å². The Hall–Kier alpha value is -4.29. The van der Waals surface area contributed by atoms with E-state index in [0.29, 0.717) is 23.3 Å². The minimum Gasteiger partial charge on any atom is -0.321 e. The molecule has 2 heterocycles. The van der Waals surface area contributed by atoms with Crippen LogP contribution in [0.1, 0.15) is 39.5 Å². The molecule has 1 N–H and O–H groups in total. The second-order valence-electron chi connectivity index (χ2n) is 9.45. The Morgan fingerprint density at radius 1 is 0.895 bits per heavy atom. The predicted molar refractivity (Wildman–Crippen MR) is 155 cm³/mol. The average molecular weight is 562 g/mol. The molecule has 6 rings (SSSR count). The lowest BCUT2D eigenvalue weighted by Crippen LogP contribution is -2.27. The van der Waals surface area contributed by atoms with Gasteiger partial charge in [-0.25, -0.2) is 5.01 Å². The van der Waals surface area contributed by atoms with E-state index in [1.165, 1.54) is 5.01 Å². The largest absolute Gasteiger partial charge is 0.321 e. The summed E-state index contributed by atoms with van der Waals surface area (Å²) in [7, 11) is 0. The summed E-state index contributed by atoms with van der Waals surface area (Å²) in [5.74, 6) is -0.199. The lowest BCUT2D eigenvalue weighted by atomic mass is 9.91. The highest BCUT2D eigenvalue weighted by molar-refractivity contribution is 9.10. The normalized spacial score (nSPS) is 15.1. The number of aryl methyl sites for hydroxylation is 1. The van der Waals surface area contributed by atoms with Crippen LogP contribution in [0.25, 0.3) is 22.0 Å². The van der Waals surface area contributed by atoms with E-state index in [2.05, 4.69) is 20.9 Å². The number of hydrazone groups is 1. The number of aromatic amines is 1.